The molecule has 0 radical (unpaired) electrons. The van der Waals surface area contributed by atoms with Gasteiger partial charge in [-0.1, -0.05) is 43.6 Å². The number of carboxylic acid groups (broad SMARTS) is 1. The number of benzene rings is 1. The van der Waals surface area contributed by atoms with Crippen LogP contribution in [0.15, 0.2) is 24.3 Å². The molecule has 3 nitrogen and oxygen atoms in total. The summed E-state index contributed by atoms with van der Waals surface area (Å²) in [6, 6.07) is 7.84. The lowest BCUT2D eigenvalue weighted by Gasteiger charge is -2.29. The third kappa shape index (κ3) is 5.53. The van der Waals surface area contributed by atoms with E-state index in [1.165, 1.54) is 0 Å². The summed E-state index contributed by atoms with van der Waals surface area (Å²) in [5.41, 5.74) is 0.357. The van der Waals surface area contributed by atoms with Gasteiger partial charge in [0.1, 0.15) is 5.54 Å². The second-order valence-electron chi connectivity index (χ2n) is 5.02. The Kier molecular flexibility index (Phi) is 8.15. The molecule has 0 amide bonds. The van der Waals surface area contributed by atoms with Gasteiger partial charge in [0.2, 0.25) is 0 Å². The molecule has 1 atom stereocenters. The maximum Gasteiger partial charge on any atom is 0.323 e. The average Bonchev–Trinajstić information content (AvgIpc) is 2.47. The van der Waals surface area contributed by atoms with Crippen molar-refractivity contribution in [2.45, 2.75) is 44.4 Å². The highest BCUT2D eigenvalue weighted by atomic mass is 35.5. The number of thioether (sulfide) groups is 1. The van der Waals surface area contributed by atoms with Crippen molar-refractivity contribution in [1.29, 1.82) is 0 Å². The molecule has 1 aromatic carbocycles. The van der Waals surface area contributed by atoms with Crippen molar-refractivity contribution in [2.75, 3.05) is 12.3 Å². The van der Waals surface area contributed by atoms with E-state index >= 15 is 0 Å². The Labute approximate surface area is 136 Å². The minimum absolute atomic E-state index is 0.603. The van der Waals surface area contributed by atoms with Gasteiger partial charge in [0.05, 0.1) is 0 Å². The van der Waals surface area contributed by atoms with Crippen LogP contribution in [-0.4, -0.2) is 28.9 Å². The van der Waals surface area contributed by atoms with E-state index in [-0.39, 0.29) is 0 Å². The zero-order valence-corrected chi connectivity index (χ0v) is 14.3. The number of nitrogens with one attached hydrogen (secondary N) is 1. The topological polar surface area (TPSA) is 49.3 Å². The van der Waals surface area contributed by atoms with Crippen molar-refractivity contribution in [1.82, 2.24) is 5.32 Å². The largest absolute Gasteiger partial charge is 0.480 e. The van der Waals surface area contributed by atoms with Gasteiger partial charge in [0.25, 0.3) is 0 Å². The molecule has 0 aliphatic carbocycles. The summed E-state index contributed by atoms with van der Waals surface area (Å²) < 4.78 is 0. The number of aliphatic carboxylic acids is 1. The van der Waals surface area contributed by atoms with E-state index in [2.05, 4.69) is 5.32 Å². The fourth-order valence-electron chi connectivity index (χ4n) is 2.34. The van der Waals surface area contributed by atoms with Gasteiger partial charge >= 0.3 is 5.97 Å². The van der Waals surface area contributed by atoms with Crippen molar-refractivity contribution in [3.05, 3.63) is 34.9 Å². The van der Waals surface area contributed by atoms with Crippen molar-refractivity contribution in [3.8, 4) is 0 Å². The monoisotopic (exact) mass is 329 g/mol. The summed E-state index contributed by atoms with van der Waals surface area (Å²) in [7, 11) is 0. The second-order valence-corrected chi connectivity index (χ2v) is 6.53. The fourth-order valence-corrected chi connectivity index (χ4v) is 3.58. The molecule has 0 bridgehead atoms. The Bertz CT molecular complexity index is 456. The van der Waals surface area contributed by atoms with Crippen LogP contribution >= 0.6 is 23.4 Å². The van der Waals surface area contributed by atoms with E-state index in [9.17, 15) is 9.90 Å². The van der Waals surface area contributed by atoms with E-state index < -0.39 is 11.5 Å². The maximum atomic E-state index is 11.5. The Morgan fingerprint density at radius 1 is 1.38 bits per heavy atom. The number of hydrogen-bond donors (Lipinski definition) is 2. The number of hydrogen-bond acceptors (Lipinski definition) is 3. The van der Waals surface area contributed by atoms with E-state index in [4.69, 9.17) is 11.6 Å². The summed E-state index contributed by atoms with van der Waals surface area (Å²) in [5.74, 6) is 1.06. The van der Waals surface area contributed by atoms with Crippen LogP contribution in [0.25, 0.3) is 0 Å². The third-order valence-electron chi connectivity index (χ3n) is 3.64. The first-order valence-corrected chi connectivity index (χ1v) is 8.88. The Morgan fingerprint density at radius 3 is 2.67 bits per heavy atom. The summed E-state index contributed by atoms with van der Waals surface area (Å²) in [6.07, 6.45) is 2.13. The molecule has 1 aromatic rings. The number of halogens is 1. The van der Waals surface area contributed by atoms with Gasteiger partial charge in [0.15, 0.2) is 0 Å². The smallest absolute Gasteiger partial charge is 0.323 e. The number of carbonyl (C=O) groups is 1. The van der Waals surface area contributed by atoms with Gasteiger partial charge < -0.3 is 10.4 Å². The second kappa shape index (κ2) is 9.34. The van der Waals surface area contributed by atoms with Gasteiger partial charge in [0, 0.05) is 10.8 Å². The molecule has 118 valence electrons. The van der Waals surface area contributed by atoms with Gasteiger partial charge in [-0.25, -0.2) is 0 Å². The zero-order valence-electron chi connectivity index (χ0n) is 12.7. The molecule has 21 heavy (non-hydrogen) atoms. The van der Waals surface area contributed by atoms with Crippen LogP contribution < -0.4 is 5.32 Å². The van der Waals surface area contributed by atoms with E-state index in [0.717, 1.165) is 28.5 Å². The first-order valence-electron chi connectivity index (χ1n) is 7.35. The van der Waals surface area contributed by atoms with Crippen LogP contribution in [0.1, 0.15) is 38.7 Å². The van der Waals surface area contributed by atoms with Crippen LogP contribution in [0.5, 0.6) is 0 Å². The molecule has 5 heteroatoms. The quantitative estimate of drug-likeness (QED) is 0.632. The molecule has 0 spiro atoms. The Hall–Kier alpha value is -0.710. The first-order chi connectivity index (χ1) is 10.1. The van der Waals surface area contributed by atoms with Gasteiger partial charge in [-0.3, -0.25) is 4.79 Å². The lowest BCUT2D eigenvalue weighted by atomic mass is 9.91. The molecule has 1 unspecified atom stereocenters. The van der Waals surface area contributed by atoms with Crippen molar-refractivity contribution in [3.63, 3.8) is 0 Å². The molecule has 1 rings (SSSR count). The standard InChI is InChI=1S/C16H24ClNO2S/c1-3-16(15(19)20,18-4-2)10-7-11-21-12-13-8-5-6-9-14(13)17/h5-6,8-9,18H,3-4,7,10-12H2,1-2H3,(H,19,20). The SMILES string of the molecule is CCNC(CC)(CCCSCc1ccccc1Cl)C(=O)O. The zero-order chi connectivity index (χ0) is 15.7. The van der Waals surface area contributed by atoms with Crippen molar-refractivity contribution >= 4 is 29.3 Å². The third-order valence-corrected chi connectivity index (χ3v) is 5.10. The van der Waals surface area contributed by atoms with Crippen molar-refractivity contribution < 1.29 is 9.90 Å². The van der Waals surface area contributed by atoms with Gasteiger partial charge in [-0.15, -0.1) is 0 Å². The van der Waals surface area contributed by atoms with E-state index in [0.29, 0.717) is 19.4 Å². The summed E-state index contributed by atoms with van der Waals surface area (Å²) >= 11 is 7.91. The number of rotatable bonds is 10. The van der Waals surface area contributed by atoms with Crippen LogP contribution in [0.2, 0.25) is 5.02 Å². The van der Waals surface area contributed by atoms with Crippen LogP contribution in [0.3, 0.4) is 0 Å². The van der Waals surface area contributed by atoms with E-state index in [1.807, 2.05) is 38.1 Å². The van der Waals surface area contributed by atoms with Crippen LogP contribution in [-0.2, 0) is 10.5 Å². The van der Waals surface area contributed by atoms with E-state index in [1.54, 1.807) is 11.8 Å². The predicted molar refractivity (Wildman–Crippen MR) is 91.2 cm³/mol. The summed E-state index contributed by atoms with van der Waals surface area (Å²) in [5, 5.41) is 13.4. The highest BCUT2D eigenvalue weighted by Gasteiger charge is 2.34. The molecule has 0 saturated carbocycles. The molecule has 0 saturated heterocycles. The number of carboxylic acids is 1. The molecular formula is C16H24ClNO2S. The normalized spacial score (nSPS) is 13.9. The molecule has 0 aliphatic rings. The highest BCUT2D eigenvalue weighted by molar-refractivity contribution is 7.98. The maximum absolute atomic E-state index is 11.5. The molecular weight excluding hydrogens is 306 g/mol. The molecule has 2 N–H and O–H groups in total. The lowest BCUT2D eigenvalue weighted by molar-refractivity contribution is -0.145. The summed E-state index contributed by atoms with van der Waals surface area (Å²) in [6.45, 7) is 4.54. The molecule has 0 aliphatic heterocycles. The summed E-state index contributed by atoms with van der Waals surface area (Å²) in [4.78, 5) is 11.5. The predicted octanol–water partition coefficient (Wildman–Crippen LogP) is 4.20. The van der Waals surface area contributed by atoms with Gasteiger partial charge in [-0.05, 0) is 43.2 Å². The highest BCUT2D eigenvalue weighted by Crippen LogP contribution is 2.24. The average molecular weight is 330 g/mol. The lowest BCUT2D eigenvalue weighted by Crippen LogP contribution is -2.51. The fraction of sp³-hybridized carbons (Fsp3) is 0.562. The Balaban J connectivity index is 2.38. The van der Waals surface area contributed by atoms with Gasteiger partial charge in [-0.2, -0.15) is 11.8 Å². The molecule has 0 aromatic heterocycles. The van der Waals surface area contributed by atoms with Crippen LogP contribution in [0, 0.1) is 0 Å². The molecule has 0 heterocycles. The molecule has 0 fully saturated rings. The number of likely N-dealkylation sites (N-methyl/N-ethyl adjacent to an activating group) is 1. The van der Waals surface area contributed by atoms with Crippen LogP contribution in [0.4, 0.5) is 0 Å². The minimum atomic E-state index is -0.778. The van der Waals surface area contributed by atoms with Crippen molar-refractivity contribution in [2.24, 2.45) is 0 Å². The minimum Gasteiger partial charge on any atom is -0.480 e. The first kappa shape index (κ1) is 18.3. The Morgan fingerprint density at radius 2 is 2.10 bits per heavy atom.